The molecule has 0 radical (unpaired) electrons. The van der Waals surface area contributed by atoms with Crippen molar-refractivity contribution in [2.45, 2.75) is 51.1 Å². The molecular formula is C16H29N3O2. The molecule has 2 rings (SSSR count). The summed E-state index contributed by atoms with van der Waals surface area (Å²) in [5.74, 6) is 0.181. The number of urea groups is 1. The van der Waals surface area contributed by atoms with E-state index in [2.05, 4.69) is 29.4 Å². The third-order valence-electron chi connectivity index (χ3n) is 4.62. The van der Waals surface area contributed by atoms with Gasteiger partial charge >= 0.3 is 6.03 Å². The molecule has 2 aliphatic rings. The Morgan fingerprint density at radius 2 is 2.00 bits per heavy atom. The zero-order valence-corrected chi connectivity index (χ0v) is 13.3. The first-order valence-electron chi connectivity index (χ1n) is 8.10. The highest BCUT2D eigenvalue weighted by atomic mass is 16.3. The maximum absolute atomic E-state index is 12.0. The van der Waals surface area contributed by atoms with Gasteiger partial charge in [-0.15, -0.1) is 0 Å². The number of carbonyl (C=O) groups is 1. The molecular weight excluding hydrogens is 266 g/mol. The van der Waals surface area contributed by atoms with Crippen LogP contribution in [-0.2, 0) is 0 Å². The number of aliphatic hydroxyl groups excluding tert-OH is 1. The van der Waals surface area contributed by atoms with Gasteiger partial charge in [0.2, 0.25) is 0 Å². The van der Waals surface area contributed by atoms with Crippen molar-refractivity contribution in [1.82, 2.24) is 15.5 Å². The number of amides is 2. The highest BCUT2D eigenvalue weighted by Crippen LogP contribution is 2.20. The minimum absolute atomic E-state index is 0.00307. The van der Waals surface area contributed by atoms with Crippen molar-refractivity contribution < 1.29 is 9.90 Å². The Morgan fingerprint density at radius 1 is 1.29 bits per heavy atom. The van der Waals surface area contributed by atoms with Crippen molar-refractivity contribution in [3.63, 3.8) is 0 Å². The summed E-state index contributed by atoms with van der Waals surface area (Å²) in [7, 11) is 0. The van der Waals surface area contributed by atoms with Crippen molar-refractivity contribution in [3.05, 3.63) is 12.2 Å². The number of hydrogen-bond donors (Lipinski definition) is 3. The molecule has 5 heteroatoms. The van der Waals surface area contributed by atoms with Crippen LogP contribution >= 0.6 is 0 Å². The Hall–Kier alpha value is -1.07. The highest BCUT2D eigenvalue weighted by Gasteiger charge is 2.28. The van der Waals surface area contributed by atoms with Crippen LogP contribution < -0.4 is 10.6 Å². The fourth-order valence-corrected chi connectivity index (χ4v) is 3.14. The van der Waals surface area contributed by atoms with Crippen LogP contribution in [0.4, 0.5) is 4.79 Å². The lowest BCUT2D eigenvalue weighted by molar-refractivity contribution is 0.0959. The normalized spacial score (nSPS) is 26.8. The molecule has 0 unspecified atom stereocenters. The van der Waals surface area contributed by atoms with E-state index >= 15 is 0 Å². The summed E-state index contributed by atoms with van der Waals surface area (Å²) in [6, 6.07) is -0.0754. The van der Waals surface area contributed by atoms with Crippen LogP contribution in [-0.4, -0.2) is 53.9 Å². The molecule has 1 aliphatic heterocycles. The van der Waals surface area contributed by atoms with Crippen LogP contribution in [0.3, 0.4) is 0 Å². The summed E-state index contributed by atoms with van der Waals surface area (Å²) < 4.78 is 0. The molecule has 1 fully saturated rings. The smallest absolute Gasteiger partial charge is 0.315 e. The molecule has 0 aromatic heterocycles. The van der Waals surface area contributed by atoms with E-state index in [1.54, 1.807) is 0 Å². The number of aliphatic hydroxyl groups is 1. The van der Waals surface area contributed by atoms with E-state index < -0.39 is 0 Å². The number of hydrogen-bond acceptors (Lipinski definition) is 3. The van der Waals surface area contributed by atoms with Crippen molar-refractivity contribution in [2.75, 3.05) is 26.2 Å². The second-order valence-corrected chi connectivity index (χ2v) is 6.86. The first kappa shape index (κ1) is 16.3. The van der Waals surface area contributed by atoms with E-state index in [0.717, 1.165) is 19.5 Å². The molecule has 0 bridgehead atoms. The van der Waals surface area contributed by atoms with Gasteiger partial charge in [-0.1, -0.05) is 18.6 Å². The zero-order valence-electron chi connectivity index (χ0n) is 13.3. The third kappa shape index (κ3) is 4.71. The zero-order chi connectivity index (χ0) is 15.3. The first-order valence-corrected chi connectivity index (χ1v) is 8.10. The van der Waals surface area contributed by atoms with Gasteiger partial charge in [-0.2, -0.15) is 0 Å². The van der Waals surface area contributed by atoms with E-state index in [1.165, 1.54) is 19.3 Å². The van der Waals surface area contributed by atoms with Gasteiger partial charge in [0.25, 0.3) is 0 Å². The van der Waals surface area contributed by atoms with Crippen LogP contribution in [0, 0.1) is 5.92 Å². The maximum Gasteiger partial charge on any atom is 0.315 e. The van der Waals surface area contributed by atoms with Gasteiger partial charge in [0.15, 0.2) is 0 Å². The molecule has 1 saturated heterocycles. The molecule has 0 saturated carbocycles. The van der Waals surface area contributed by atoms with E-state index in [9.17, 15) is 4.79 Å². The van der Waals surface area contributed by atoms with Crippen LogP contribution in [0.15, 0.2) is 12.2 Å². The van der Waals surface area contributed by atoms with Gasteiger partial charge in [-0.25, -0.2) is 4.79 Å². The Morgan fingerprint density at radius 3 is 2.62 bits per heavy atom. The van der Waals surface area contributed by atoms with Crippen LogP contribution in [0.1, 0.15) is 39.5 Å². The van der Waals surface area contributed by atoms with Gasteiger partial charge in [0, 0.05) is 30.7 Å². The molecule has 0 aromatic rings. The number of nitrogens with zero attached hydrogens (tertiary/aromatic N) is 1. The Bertz CT molecular complexity index is 376. The molecule has 120 valence electrons. The molecule has 1 aliphatic carbocycles. The predicted octanol–water partition coefficient (Wildman–Crippen LogP) is 1.49. The van der Waals surface area contributed by atoms with Crippen molar-refractivity contribution in [2.24, 2.45) is 5.92 Å². The van der Waals surface area contributed by atoms with Gasteiger partial charge in [0.1, 0.15) is 0 Å². The van der Waals surface area contributed by atoms with E-state index in [4.69, 9.17) is 5.11 Å². The van der Waals surface area contributed by atoms with Gasteiger partial charge in [-0.05, 0) is 46.2 Å². The summed E-state index contributed by atoms with van der Waals surface area (Å²) >= 11 is 0. The lowest BCUT2D eigenvalue weighted by Gasteiger charge is -2.41. The quantitative estimate of drug-likeness (QED) is 0.673. The second kappa shape index (κ2) is 7.27. The largest absolute Gasteiger partial charge is 0.396 e. The summed E-state index contributed by atoms with van der Waals surface area (Å²) in [6.07, 6.45) is 8.56. The summed E-state index contributed by atoms with van der Waals surface area (Å²) in [6.45, 7) is 7.43. The monoisotopic (exact) mass is 295 g/mol. The van der Waals surface area contributed by atoms with E-state index in [0.29, 0.717) is 6.54 Å². The number of nitrogens with one attached hydrogen (secondary N) is 2. The molecule has 1 heterocycles. The minimum Gasteiger partial charge on any atom is -0.396 e. The van der Waals surface area contributed by atoms with Gasteiger partial charge in [0.05, 0.1) is 0 Å². The number of piperidine rings is 1. The minimum atomic E-state index is -0.117. The number of rotatable bonds is 5. The summed E-state index contributed by atoms with van der Waals surface area (Å²) in [5.41, 5.74) is -0.00307. The van der Waals surface area contributed by atoms with Crippen LogP contribution in [0.25, 0.3) is 0 Å². The Labute approximate surface area is 127 Å². The molecule has 5 nitrogen and oxygen atoms in total. The molecule has 3 N–H and O–H groups in total. The lowest BCUT2D eigenvalue weighted by Crippen LogP contribution is -2.55. The fourth-order valence-electron chi connectivity index (χ4n) is 3.14. The number of carbonyl (C=O) groups excluding carboxylic acids is 1. The summed E-state index contributed by atoms with van der Waals surface area (Å²) in [5, 5.41) is 15.0. The first-order chi connectivity index (χ1) is 10.0. The lowest BCUT2D eigenvalue weighted by atomic mass is 9.98. The highest BCUT2D eigenvalue weighted by molar-refractivity contribution is 5.74. The molecule has 2 amide bonds. The van der Waals surface area contributed by atoms with Gasteiger partial charge < -0.3 is 15.7 Å². The average molecular weight is 295 g/mol. The van der Waals surface area contributed by atoms with Crippen LogP contribution in [0.2, 0.25) is 0 Å². The molecule has 0 aromatic carbocycles. The van der Waals surface area contributed by atoms with E-state index in [1.807, 2.05) is 12.2 Å². The van der Waals surface area contributed by atoms with Gasteiger partial charge in [-0.3, -0.25) is 4.90 Å². The molecule has 0 spiro atoms. The van der Waals surface area contributed by atoms with Crippen molar-refractivity contribution in [3.8, 4) is 0 Å². The number of likely N-dealkylation sites (tertiary alicyclic amines) is 1. The van der Waals surface area contributed by atoms with E-state index in [-0.39, 0.29) is 30.1 Å². The topological polar surface area (TPSA) is 64.6 Å². The third-order valence-corrected chi connectivity index (χ3v) is 4.62. The molecule has 2 atom stereocenters. The standard InChI is InChI=1S/C16H29N3O2/c1-16(2,19-8-4-3-5-9-19)12-17-15(21)18-14-7-6-13(10-14)11-20/h6-7,13-14,20H,3-5,8-12H2,1-2H3,(H2,17,18,21)/t13-,14+/m0/s1. The predicted molar refractivity (Wildman–Crippen MR) is 84.2 cm³/mol. The summed E-state index contributed by atoms with van der Waals surface area (Å²) in [4.78, 5) is 14.5. The maximum atomic E-state index is 12.0. The second-order valence-electron chi connectivity index (χ2n) is 6.86. The van der Waals surface area contributed by atoms with Crippen molar-refractivity contribution in [1.29, 1.82) is 0 Å². The Kier molecular flexibility index (Phi) is 5.65. The fraction of sp³-hybridized carbons (Fsp3) is 0.812. The Balaban J connectivity index is 1.71. The van der Waals surface area contributed by atoms with Crippen LogP contribution in [0.5, 0.6) is 0 Å². The van der Waals surface area contributed by atoms with Crippen molar-refractivity contribution >= 4 is 6.03 Å². The molecule has 21 heavy (non-hydrogen) atoms. The average Bonchev–Trinajstić information content (AvgIpc) is 2.94. The SMILES string of the molecule is CC(C)(CNC(=O)N[C@@H]1C=C[C@H](CO)C1)N1CCCCC1.